The lowest BCUT2D eigenvalue weighted by Crippen LogP contribution is -2.42. The Morgan fingerprint density at radius 1 is 1.17 bits per heavy atom. The van der Waals surface area contributed by atoms with Crippen LogP contribution in [0.1, 0.15) is 35.6 Å². The molecule has 1 atom stereocenters. The third-order valence-electron chi connectivity index (χ3n) is 5.08. The smallest absolute Gasteiger partial charge is 0.191 e. The summed E-state index contributed by atoms with van der Waals surface area (Å²) in [4.78, 5) is 6.76. The van der Waals surface area contributed by atoms with Crippen molar-refractivity contribution in [2.24, 2.45) is 4.99 Å². The van der Waals surface area contributed by atoms with Crippen LogP contribution in [0.2, 0.25) is 0 Å². The van der Waals surface area contributed by atoms with Crippen LogP contribution in [-0.2, 0) is 6.54 Å². The van der Waals surface area contributed by atoms with E-state index in [0.717, 1.165) is 19.6 Å². The van der Waals surface area contributed by atoms with Gasteiger partial charge >= 0.3 is 0 Å². The maximum absolute atomic E-state index is 14.1. The highest BCUT2D eigenvalue weighted by Crippen LogP contribution is 2.24. The maximum Gasteiger partial charge on any atom is 0.191 e. The molecule has 7 heteroatoms. The molecule has 3 rings (SSSR count). The predicted molar refractivity (Wildman–Crippen MR) is 125 cm³/mol. The average molecular weight is 507 g/mol. The van der Waals surface area contributed by atoms with Gasteiger partial charge in [0.1, 0.15) is 5.82 Å². The van der Waals surface area contributed by atoms with Crippen molar-refractivity contribution in [2.45, 2.75) is 25.4 Å². The summed E-state index contributed by atoms with van der Waals surface area (Å²) >= 11 is 0. The van der Waals surface area contributed by atoms with E-state index in [1.165, 1.54) is 24.5 Å². The molecule has 29 heavy (non-hydrogen) atoms. The minimum Gasteiger partial charge on any atom is -0.354 e. The normalized spacial score (nSPS) is 15.3. The molecule has 2 aromatic carbocycles. The Morgan fingerprint density at radius 3 is 2.52 bits per heavy atom. The molecule has 0 spiro atoms. The van der Waals surface area contributed by atoms with Crippen LogP contribution in [0.15, 0.2) is 53.5 Å². The molecule has 5 nitrogen and oxygen atoms in total. The van der Waals surface area contributed by atoms with E-state index in [4.69, 9.17) is 5.26 Å². The van der Waals surface area contributed by atoms with Crippen molar-refractivity contribution in [3.63, 3.8) is 0 Å². The number of nitrogens with one attached hydrogen (secondary N) is 2. The first-order chi connectivity index (χ1) is 13.7. The van der Waals surface area contributed by atoms with E-state index in [1.807, 2.05) is 12.1 Å². The van der Waals surface area contributed by atoms with Crippen molar-refractivity contribution in [3.8, 4) is 6.07 Å². The highest BCUT2D eigenvalue weighted by atomic mass is 127. The Bertz CT molecular complexity index is 844. The van der Waals surface area contributed by atoms with Crippen LogP contribution in [0.5, 0.6) is 0 Å². The van der Waals surface area contributed by atoms with Gasteiger partial charge in [0.2, 0.25) is 0 Å². The number of rotatable bonds is 6. The number of halogens is 2. The van der Waals surface area contributed by atoms with E-state index in [2.05, 4.69) is 44.8 Å². The standard InChI is InChI=1S/C22H26FN5.HI/c1-25-22(26-15-19-10-9-17(14-24)13-20(19)23)27-16-21(28-11-5-6-12-28)18-7-3-2-4-8-18;/h2-4,7-10,13,21H,5-6,11-12,15-16H2,1H3,(H2,25,26,27);1H. The van der Waals surface area contributed by atoms with Gasteiger partial charge in [-0.2, -0.15) is 5.26 Å². The molecule has 154 valence electrons. The second-order valence-electron chi connectivity index (χ2n) is 6.89. The SMILES string of the molecule is CN=C(NCc1ccc(C#N)cc1F)NCC(c1ccccc1)N1CCCC1.I. The van der Waals surface area contributed by atoms with E-state index in [9.17, 15) is 4.39 Å². The lowest BCUT2D eigenvalue weighted by molar-refractivity contribution is 0.245. The van der Waals surface area contributed by atoms with Gasteiger partial charge in [-0.3, -0.25) is 9.89 Å². The van der Waals surface area contributed by atoms with Gasteiger partial charge in [-0.1, -0.05) is 36.4 Å². The summed E-state index contributed by atoms with van der Waals surface area (Å²) in [5, 5.41) is 15.4. The molecule has 0 aromatic heterocycles. The molecule has 2 N–H and O–H groups in total. The topological polar surface area (TPSA) is 63.5 Å². The molecule has 1 aliphatic heterocycles. The van der Waals surface area contributed by atoms with Crippen LogP contribution < -0.4 is 10.6 Å². The molecular weight excluding hydrogens is 480 g/mol. The summed E-state index contributed by atoms with van der Waals surface area (Å²) in [6, 6.07) is 17.2. The molecule has 1 unspecified atom stereocenters. The van der Waals surface area contributed by atoms with Crippen LogP contribution >= 0.6 is 24.0 Å². The van der Waals surface area contributed by atoms with Crippen LogP contribution in [0.25, 0.3) is 0 Å². The number of nitrogens with zero attached hydrogens (tertiary/aromatic N) is 3. The average Bonchev–Trinajstić information content (AvgIpc) is 3.26. The zero-order valence-electron chi connectivity index (χ0n) is 16.6. The molecule has 2 aromatic rings. The van der Waals surface area contributed by atoms with E-state index in [0.29, 0.717) is 23.6 Å². The zero-order valence-corrected chi connectivity index (χ0v) is 18.9. The van der Waals surface area contributed by atoms with Crippen LogP contribution in [0.3, 0.4) is 0 Å². The Kier molecular flexibility index (Phi) is 9.35. The highest BCUT2D eigenvalue weighted by Gasteiger charge is 2.23. The van der Waals surface area contributed by atoms with E-state index < -0.39 is 0 Å². The van der Waals surface area contributed by atoms with Crippen molar-refractivity contribution < 1.29 is 4.39 Å². The molecule has 0 aliphatic carbocycles. The lowest BCUT2D eigenvalue weighted by Gasteiger charge is -2.29. The van der Waals surface area contributed by atoms with Gasteiger partial charge in [0.25, 0.3) is 0 Å². The number of hydrogen-bond acceptors (Lipinski definition) is 3. The molecule has 1 fully saturated rings. The molecule has 1 heterocycles. The first-order valence-corrected chi connectivity index (χ1v) is 9.63. The van der Waals surface area contributed by atoms with Gasteiger partial charge < -0.3 is 10.6 Å². The van der Waals surface area contributed by atoms with Crippen molar-refractivity contribution in [3.05, 3.63) is 71.0 Å². The molecule has 0 bridgehead atoms. The fraction of sp³-hybridized carbons (Fsp3) is 0.364. The molecular formula is C22H27FIN5. The number of aliphatic imine (C=N–C) groups is 1. The second kappa shape index (κ2) is 11.7. The highest BCUT2D eigenvalue weighted by molar-refractivity contribution is 14.0. The maximum atomic E-state index is 14.1. The third kappa shape index (κ3) is 6.41. The minimum atomic E-state index is -0.388. The number of nitriles is 1. The fourth-order valence-corrected chi connectivity index (χ4v) is 3.54. The Labute approximate surface area is 189 Å². The first-order valence-electron chi connectivity index (χ1n) is 9.63. The van der Waals surface area contributed by atoms with Gasteiger partial charge in [0.05, 0.1) is 17.7 Å². The van der Waals surface area contributed by atoms with Gasteiger partial charge in [-0.05, 0) is 43.6 Å². The second-order valence-corrected chi connectivity index (χ2v) is 6.89. The summed E-state index contributed by atoms with van der Waals surface area (Å²) < 4.78 is 14.1. The quantitative estimate of drug-likeness (QED) is 0.355. The summed E-state index contributed by atoms with van der Waals surface area (Å²) in [7, 11) is 1.71. The summed E-state index contributed by atoms with van der Waals surface area (Å²) in [5.41, 5.74) is 2.10. The number of hydrogen-bond donors (Lipinski definition) is 2. The lowest BCUT2D eigenvalue weighted by atomic mass is 10.1. The van der Waals surface area contributed by atoms with Crippen LogP contribution in [0, 0.1) is 17.1 Å². The Morgan fingerprint density at radius 2 is 1.90 bits per heavy atom. The third-order valence-corrected chi connectivity index (χ3v) is 5.08. The molecule has 0 amide bonds. The van der Waals surface area contributed by atoms with E-state index >= 15 is 0 Å². The Balaban J connectivity index is 0.00000300. The van der Waals surface area contributed by atoms with Crippen molar-refractivity contribution >= 4 is 29.9 Å². The van der Waals surface area contributed by atoms with Crippen molar-refractivity contribution in [1.29, 1.82) is 5.26 Å². The Hall–Kier alpha value is -2.18. The monoisotopic (exact) mass is 507 g/mol. The van der Waals surface area contributed by atoms with Crippen molar-refractivity contribution in [2.75, 3.05) is 26.7 Å². The molecule has 0 radical (unpaired) electrons. The minimum absolute atomic E-state index is 0. The molecule has 1 saturated heterocycles. The number of guanidine groups is 1. The van der Waals surface area contributed by atoms with Gasteiger partial charge in [0, 0.05) is 25.7 Å². The van der Waals surface area contributed by atoms with Gasteiger partial charge in [-0.25, -0.2) is 4.39 Å². The summed E-state index contributed by atoms with van der Waals surface area (Å²) in [6.45, 7) is 3.23. The summed E-state index contributed by atoms with van der Waals surface area (Å²) in [5.74, 6) is 0.241. The molecule has 1 aliphatic rings. The van der Waals surface area contributed by atoms with Gasteiger partial charge in [-0.15, -0.1) is 24.0 Å². The van der Waals surface area contributed by atoms with Crippen molar-refractivity contribution in [1.82, 2.24) is 15.5 Å². The van der Waals surface area contributed by atoms with Crippen LogP contribution in [-0.4, -0.2) is 37.5 Å². The van der Waals surface area contributed by atoms with Crippen LogP contribution in [0.4, 0.5) is 4.39 Å². The van der Waals surface area contributed by atoms with Gasteiger partial charge in [0.15, 0.2) is 5.96 Å². The largest absolute Gasteiger partial charge is 0.354 e. The number of benzene rings is 2. The molecule has 0 saturated carbocycles. The summed E-state index contributed by atoms with van der Waals surface area (Å²) in [6.07, 6.45) is 2.46. The first kappa shape index (κ1) is 23.1. The fourth-order valence-electron chi connectivity index (χ4n) is 3.54. The predicted octanol–water partition coefficient (Wildman–Crippen LogP) is 3.82. The van der Waals surface area contributed by atoms with E-state index in [-0.39, 0.29) is 35.8 Å². The van der Waals surface area contributed by atoms with E-state index in [1.54, 1.807) is 19.2 Å². The zero-order chi connectivity index (χ0) is 19.8. The number of likely N-dealkylation sites (tertiary alicyclic amines) is 1.